The van der Waals surface area contributed by atoms with Crippen molar-refractivity contribution in [3.05, 3.63) is 0 Å². The predicted molar refractivity (Wildman–Crippen MR) is 59.4 cm³/mol. The molecular weight excluding hydrogens is 216 g/mol. The van der Waals surface area contributed by atoms with Crippen LogP contribution in [0.2, 0.25) is 0 Å². The molecular formula is C9H17ClN4O. The predicted octanol–water partition coefficient (Wildman–Crippen LogP) is -0.627. The molecule has 1 aliphatic heterocycles. The first kappa shape index (κ1) is 14.2. The number of carbonyl (C=O) groups is 1. The molecule has 2 unspecified atom stereocenters. The molecule has 0 aromatic heterocycles. The molecule has 0 bridgehead atoms. The number of rotatable bonds is 3. The summed E-state index contributed by atoms with van der Waals surface area (Å²) in [4.78, 5) is 11.4. The van der Waals surface area contributed by atoms with Gasteiger partial charge in [0.1, 0.15) is 0 Å². The molecule has 1 rings (SSSR count). The van der Waals surface area contributed by atoms with E-state index in [1.165, 1.54) is 0 Å². The van der Waals surface area contributed by atoms with Crippen LogP contribution in [0, 0.1) is 17.2 Å². The molecule has 0 aromatic carbocycles. The molecule has 1 fully saturated rings. The van der Waals surface area contributed by atoms with Gasteiger partial charge in [-0.25, -0.2) is 0 Å². The van der Waals surface area contributed by atoms with Crippen molar-refractivity contribution in [2.75, 3.05) is 13.1 Å². The van der Waals surface area contributed by atoms with Gasteiger partial charge in [0.2, 0.25) is 5.91 Å². The highest BCUT2D eigenvalue weighted by molar-refractivity contribution is 5.85. The zero-order valence-corrected chi connectivity index (χ0v) is 9.51. The summed E-state index contributed by atoms with van der Waals surface area (Å²) in [5.41, 5.74) is 5.57. The van der Waals surface area contributed by atoms with Crippen LogP contribution >= 0.6 is 12.4 Å². The Morgan fingerprint density at radius 3 is 2.93 bits per heavy atom. The maximum Gasteiger partial charge on any atom is 0.237 e. The largest absolute Gasteiger partial charge is 0.349 e. The lowest BCUT2D eigenvalue weighted by molar-refractivity contribution is -0.123. The Labute approximate surface area is 95.8 Å². The van der Waals surface area contributed by atoms with Gasteiger partial charge in [0.15, 0.2) is 0 Å². The number of halogens is 1. The van der Waals surface area contributed by atoms with Gasteiger partial charge in [0.25, 0.3) is 0 Å². The first-order chi connectivity index (χ1) is 6.69. The summed E-state index contributed by atoms with van der Waals surface area (Å²) in [6.07, 6.45) is 0.614. The molecule has 0 aromatic rings. The maximum absolute atomic E-state index is 11.4. The van der Waals surface area contributed by atoms with Crippen LogP contribution in [0.25, 0.3) is 0 Å². The number of hydrogen-bond donors (Lipinski definition) is 3. The molecule has 6 heteroatoms. The van der Waals surface area contributed by atoms with Gasteiger partial charge in [-0.3, -0.25) is 4.79 Å². The standard InChI is InChI=1S/C9H16N4O.ClH/c1-2-7(11)9(14)13-8-5-12-4-6(8)3-10;/h6-8,12H,2,4-5,11H2,1H3,(H,13,14);1H/t6?,7-,8?;/m1./s1. The molecule has 1 heterocycles. The van der Waals surface area contributed by atoms with Gasteiger partial charge in [-0.1, -0.05) is 6.92 Å². The minimum absolute atomic E-state index is 0. The second kappa shape index (κ2) is 6.62. The van der Waals surface area contributed by atoms with Crippen molar-refractivity contribution < 1.29 is 4.79 Å². The summed E-state index contributed by atoms with van der Waals surface area (Å²) in [7, 11) is 0. The van der Waals surface area contributed by atoms with Crippen LogP contribution in [0.4, 0.5) is 0 Å². The fourth-order valence-corrected chi connectivity index (χ4v) is 1.44. The third kappa shape index (κ3) is 3.67. The molecule has 4 N–H and O–H groups in total. The normalized spacial score (nSPS) is 26.2. The molecule has 86 valence electrons. The highest BCUT2D eigenvalue weighted by Crippen LogP contribution is 2.07. The molecule has 5 nitrogen and oxygen atoms in total. The van der Waals surface area contributed by atoms with Crippen LogP contribution in [-0.2, 0) is 4.79 Å². The van der Waals surface area contributed by atoms with Crippen molar-refractivity contribution in [3.63, 3.8) is 0 Å². The fourth-order valence-electron chi connectivity index (χ4n) is 1.44. The van der Waals surface area contributed by atoms with Crippen LogP contribution in [0.15, 0.2) is 0 Å². The van der Waals surface area contributed by atoms with Crippen LogP contribution in [0.3, 0.4) is 0 Å². The zero-order valence-electron chi connectivity index (χ0n) is 8.69. The van der Waals surface area contributed by atoms with E-state index in [1.807, 2.05) is 6.92 Å². The lowest BCUT2D eigenvalue weighted by Gasteiger charge is -2.17. The van der Waals surface area contributed by atoms with Gasteiger partial charge in [0.05, 0.1) is 24.1 Å². The van der Waals surface area contributed by atoms with E-state index in [9.17, 15) is 4.79 Å². The van der Waals surface area contributed by atoms with E-state index in [4.69, 9.17) is 11.0 Å². The molecule has 0 spiro atoms. The van der Waals surface area contributed by atoms with E-state index in [2.05, 4.69) is 16.7 Å². The lowest BCUT2D eigenvalue weighted by atomic mass is 10.1. The van der Waals surface area contributed by atoms with Gasteiger partial charge < -0.3 is 16.4 Å². The number of carbonyl (C=O) groups excluding carboxylic acids is 1. The molecule has 0 saturated carbocycles. The number of nitrogens with one attached hydrogen (secondary N) is 2. The smallest absolute Gasteiger partial charge is 0.237 e. The Kier molecular flexibility index (Phi) is 6.25. The molecule has 15 heavy (non-hydrogen) atoms. The van der Waals surface area contributed by atoms with Crippen molar-refractivity contribution in [3.8, 4) is 6.07 Å². The molecule has 0 radical (unpaired) electrons. The maximum atomic E-state index is 11.4. The molecule has 1 aliphatic rings. The summed E-state index contributed by atoms with van der Waals surface area (Å²) in [6, 6.07) is 1.60. The summed E-state index contributed by atoms with van der Waals surface area (Å²) in [5.74, 6) is -0.301. The van der Waals surface area contributed by atoms with E-state index >= 15 is 0 Å². The Morgan fingerprint density at radius 2 is 2.40 bits per heavy atom. The number of nitrogens with two attached hydrogens (primary N) is 1. The second-order valence-corrected chi connectivity index (χ2v) is 3.52. The Morgan fingerprint density at radius 1 is 1.73 bits per heavy atom. The monoisotopic (exact) mass is 232 g/mol. The molecule has 3 atom stereocenters. The zero-order chi connectivity index (χ0) is 10.6. The third-order valence-corrected chi connectivity index (χ3v) is 2.48. The topological polar surface area (TPSA) is 90.9 Å². The Hall–Kier alpha value is -0.830. The minimum atomic E-state index is -0.463. The number of nitriles is 1. The average molecular weight is 233 g/mol. The minimum Gasteiger partial charge on any atom is -0.349 e. The van der Waals surface area contributed by atoms with Gasteiger partial charge in [-0.05, 0) is 6.42 Å². The molecule has 1 saturated heterocycles. The summed E-state index contributed by atoms with van der Waals surface area (Å²) >= 11 is 0. The van der Waals surface area contributed by atoms with Crippen molar-refractivity contribution in [2.45, 2.75) is 25.4 Å². The summed E-state index contributed by atoms with van der Waals surface area (Å²) in [6.45, 7) is 3.15. The van der Waals surface area contributed by atoms with Crippen LogP contribution in [-0.4, -0.2) is 31.1 Å². The van der Waals surface area contributed by atoms with Gasteiger partial charge >= 0.3 is 0 Å². The molecule has 1 amide bonds. The second-order valence-electron chi connectivity index (χ2n) is 3.52. The summed E-state index contributed by atoms with van der Waals surface area (Å²) in [5, 5.41) is 14.6. The van der Waals surface area contributed by atoms with E-state index in [-0.39, 0.29) is 30.3 Å². The highest BCUT2D eigenvalue weighted by atomic mass is 35.5. The summed E-state index contributed by atoms with van der Waals surface area (Å²) < 4.78 is 0. The number of nitrogens with zero attached hydrogens (tertiary/aromatic N) is 1. The van der Waals surface area contributed by atoms with Crippen molar-refractivity contribution in [1.82, 2.24) is 10.6 Å². The quantitative estimate of drug-likeness (QED) is 0.605. The van der Waals surface area contributed by atoms with Crippen molar-refractivity contribution >= 4 is 18.3 Å². The number of amides is 1. The van der Waals surface area contributed by atoms with Gasteiger partial charge in [-0.2, -0.15) is 5.26 Å². The first-order valence-corrected chi connectivity index (χ1v) is 4.85. The Bertz CT molecular complexity index is 253. The SMILES string of the molecule is CC[C@@H](N)C(=O)NC1CNCC1C#N.Cl. The van der Waals surface area contributed by atoms with Crippen LogP contribution in [0.5, 0.6) is 0 Å². The third-order valence-electron chi connectivity index (χ3n) is 2.48. The van der Waals surface area contributed by atoms with Gasteiger partial charge in [0, 0.05) is 13.1 Å². The van der Waals surface area contributed by atoms with Gasteiger partial charge in [-0.15, -0.1) is 12.4 Å². The van der Waals surface area contributed by atoms with Crippen molar-refractivity contribution in [2.24, 2.45) is 11.7 Å². The molecule has 0 aliphatic carbocycles. The van der Waals surface area contributed by atoms with Crippen molar-refractivity contribution in [1.29, 1.82) is 5.26 Å². The van der Waals surface area contributed by atoms with Crippen LogP contribution in [0.1, 0.15) is 13.3 Å². The highest BCUT2D eigenvalue weighted by Gasteiger charge is 2.29. The van der Waals surface area contributed by atoms with E-state index < -0.39 is 6.04 Å². The van der Waals surface area contributed by atoms with E-state index in [0.717, 1.165) is 0 Å². The number of hydrogen-bond acceptors (Lipinski definition) is 4. The van der Waals surface area contributed by atoms with Crippen LogP contribution < -0.4 is 16.4 Å². The van der Waals surface area contributed by atoms with E-state index in [1.54, 1.807) is 0 Å². The first-order valence-electron chi connectivity index (χ1n) is 4.85. The Balaban J connectivity index is 0.00000196. The average Bonchev–Trinajstić information content (AvgIpc) is 2.63. The fraction of sp³-hybridized carbons (Fsp3) is 0.778. The van der Waals surface area contributed by atoms with E-state index in [0.29, 0.717) is 19.5 Å². The lowest BCUT2D eigenvalue weighted by Crippen LogP contribution is -2.47.